The Morgan fingerprint density at radius 1 is 1.41 bits per heavy atom. The van der Waals surface area contributed by atoms with E-state index in [1.807, 2.05) is 0 Å². The molecule has 0 saturated carbocycles. The molecule has 0 saturated heterocycles. The van der Waals surface area contributed by atoms with Gasteiger partial charge in [-0.2, -0.15) is 4.98 Å². The van der Waals surface area contributed by atoms with E-state index in [2.05, 4.69) is 24.8 Å². The molecule has 2 unspecified atom stereocenters. The minimum Gasteiger partial charge on any atom is -0.388 e. The summed E-state index contributed by atoms with van der Waals surface area (Å²) in [7, 11) is -4.77. The molecule has 0 bridgehead atoms. The molecular formula is C9H14N5O7P. The van der Waals surface area contributed by atoms with Gasteiger partial charge in [-0.3, -0.25) is 14.3 Å². The van der Waals surface area contributed by atoms with Crippen molar-refractivity contribution in [3.8, 4) is 0 Å². The highest BCUT2D eigenvalue weighted by Crippen LogP contribution is 2.35. The number of hydrogen-bond donors (Lipinski definition) is 7. The number of nitrogen functional groups attached to an aromatic ring is 1. The summed E-state index contributed by atoms with van der Waals surface area (Å²) in [5.41, 5.74) is 4.58. The number of H-pyrrole nitrogens is 1. The second-order valence-electron chi connectivity index (χ2n) is 4.40. The monoisotopic (exact) mass is 335 g/mol. The molecule has 2 rings (SSSR count). The SMILES string of the molecule is Nc1nc2c(c(=O)[nH]1)N=C(C(O)C(O)COP(=O)(O)O)CN2. The summed E-state index contributed by atoms with van der Waals surface area (Å²) >= 11 is 0. The lowest BCUT2D eigenvalue weighted by Crippen LogP contribution is -2.41. The van der Waals surface area contributed by atoms with Crippen LogP contribution in [0, 0.1) is 0 Å². The molecule has 0 fully saturated rings. The van der Waals surface area contributed by atoms with Gasteiger partial charge in [0.1, 0.15) is 12.2 Å². The predicted octanol–water partition coefficient (Wildman–Crippen LogP) is -2.32. The molecule has 1 aliphatic heterocycles. The molecule has 1 aliphatic rings. The fourth-order valence-corrected chi connectivity index (χ4v) is 2.07. The van der Waals surface area contributed by atoms with Gasteiger partial charge < -0.3 is 31.1 Å². The summed E-state index contributed by atoms with van der Waals surface area (Å²) in [5.74, 6) is 0.0173. The molecule has 0 aliphatic carbocycles. The van der Waals surface area contributed by atoms with Crippen LogP contribution >= 0.6 is 7.82 Å². The van der Waals surface area contributed by atoms with Gasteiger partial charge in [-0.05, 0) is 0 Å². The predicted molar refractivity (Wildman–Crippen MR) is 74.9 cm³/mol. The van der Waals surface area contributed by atoms with E-state index in [0.29, 0.717) is 0 Å². The zero-order valence-corrected chi connectivity index (χ0v) is 11.9. The van der Waals surface area contributed by atoms with Gasteiger partial charge in [-0.15, -0.1) is 0 Å². The first-order valence-corrected chi connectivity index (χ1v) is 7.48. The van der Waals surface area contributed by atoms with Crippen LogP contribution in [0.1, 0.15) is 0 Å². The van der Waals surface area contributed by atoms with Crippen LogP contribution in [0.3, 0.4) is 0 Å². The van der Waals surface area contributed by atoms with Gasteiger partial charge in [0.05, 0.1) is 18.9 Å². The number of aliphatic hydroxyl groups excluding tert-OH is 2. The number of aromatic nitrogens is 2. The molecule has 12 nitrogen and oxygen atoms in total. The summed E-state index contributed by atoms with van der Waals surface area (Å²) in [4.78, 5) is 38.7. The summed E-state index contributed by atoms with van der Waals surface area (Å²) < 4.78 is 14.6. The lowest BCUT2D eigenvalue weighted by atomic mass is 10.1. The van der Waals surface area contributed by atoms with Crippen LogP contribution < -0.4 is 16.6 Å². The minimum absolute atomic E-state index is 0.0219. The molecule has 1 aromatic rings. The van der Waals surface area contributed by atoms with Crippen LogP contribution in [-0.2, 0) is 9.09 Å². The fraction of sp³-hybridized carbons (Fsp3) is 0.444. The maximum Gasteiger partial charge on any atom is 0.469 e. The third-order valence-corrected chi connectivity index (χ3v) is 3.21. The van der Waals surface area contributed by atoms with Crippen molar-refractivity contribution in [3.05, 3.63) is 10.4 Å². The highest BCUT2D eigenvalue weighted by atomic mass is 31.2. The molecule has 0 aromatic carbocycles. The molecule has 122 valence electrons. The van der Waals surface area contributed by atoms with Crippen LogP contribution in [-0.4, -0.2) is 61.0 Å². The number of anilines is 2. The molecule has 2 heterocycles. The average Bonchev–Trinajstić information content (AvgIpc) is 2.42. The number of aromatic amines is 1. The van der Waals surface area contributed by atoms with Crippen molar-refractivity contribution in [2.45, 2.75) is 12.2 Å². The topological polar surface area (TPSA) is 203 Å². The molecule has 2 atom stereocenters. The molecule has 13 heteroatoms. The first-order valence-electron chi connectivity index (χ1n) is 5.94. The third-order valence-electron chi connectivity index (χ3n) is 2.72. The van der Waals surface area contributed by atoms with Crippen molar-refractivity contribution < 1.29 is 29.1 Å². The quantitative estimate of drug-likeness (QED) is 0.286. The third kappa shape index (κ3) is 3.88. The van der Waals surface area contributed by atoms with Crippen molar-refractivity contribution in [3.63, 3.8) is 0 Å². The fourth-order valence-electron chi connectivity index (χ4n) is 1.73. The number of hydrogen-bond acceptors (Lipinski definition) is 9. The Bertz CT molecular complexity index is 698. The van der Waals surface area contributed by atoms with Gasteiger partial charge >= 0.3 is 7.82 Å². The van der Waals surface area contributed by atoms with Gasteiger partial charge in [0, 0.05) is 0 Å². The first kappa shape index (κ1) is 16.5. The van der Waals surface area contributed by atoms with Crippen molar-refractivity contribution in [2.75, 3.05) is 24.2 Å². The summed E-state index contributed by atoms with van der Waals surface area (Å²) in [6.07, 6.45) is -3.24. The smallest absolute Gasteiger partial charge is 0.388 e. The summed E-state index contributed by atoms with van der Waals surface area (Å²) in [5, 5.41) is 22.2. The van der Waals surface area contributed by atoms with Crippen LogP contribution in [0.15, 0.2) is 9.79 Å². The van der Waals surface area contributed by atoms with Crippen molar-refractivity contribution in [1.29, 1.82) is 0 Å². The van der Waals surface area contributed by atoms with Crippen molar-refractivity contribution in [1.82, 2.24) is 9.97 Å². The second kappa shape index (κ2) is 6.12. The number of aliphatic hydroxyl groups is 2. The highest BCUT2D eigenvalue weighted by Gasteiger charge is 2.28. The van der Waals surface area contributed by atoms with E-state index in [1.54, 1.807) is 0 Å². The first-order chi connectivity index (χ1) is 10.2. The van der Waals surface area contributed by atoms with Gasteiger partial charge in [-0.1, -0.05) is 0 Å². The Morgan fingerprint density at radius 3 is 2.73 bits per heavy atom. The van der Waals surface area contributed by atoms with E-state index in [4.69, 9.17) is 15.5 Å². The Kier molecular flexibility index (Phi) is 4.60. The van der Waals surface area contributed by atoms with Gasteiger partial charge in [0.15, 0.2) is 11.5 Å². The number of fused-ring (bicyclic) bond motifs is 1. The Balaban J connectivity index is 2.17. The van der Waals surface area contributed by atoms with E-state index in [-0.39, 0.29) is 29.7 Å². The van der Waals surface area contributed by atoms with E-state index in [0.717, 1.165) is 0 Å². The number of rotatable bonds is 5. The van der Waals surface area contributed by atoms with E-state index in [1.165, 1.54) is 0 Å². The van der Waals surface area contributed by atoms with Gasteiger partial charge in [-0.25, -0.2) is 9.56 Å². The number of nitrogens with zero attached hydrogens (tertiary/aromatic N) is 2. The Labute approximate surface area is 122 Å². The molecule has 1 aromatic heterocycles. The zero-order chi connectivity index (χ0) is 16.5. The van der Waals surface area contributed by atoms with Gasteiger partial charge in [0.2, 0.25) is 5.95 Å². The average molecular weight is 335 g/mol. The Hall–Kier alpha value is -1.82. The van der Waals surface area contributed by atoms with Crippen LogP contribution in [0.4, 0.5) is 17.5 Å². The normalized spacial score (nSPS) is 17.2. The highest BCUT2D eigenvalue weighted by molar-refractivity contribution is 7.46. The maximum absolute atomic E-state index is 11.7. The summed E-state index contributed by atoms with van der Waals surface area (Å²) in [6.45, 7) is -0.856. The lowest BCUT2D eigenvalue weighted by molar-refractivity contribution is 0.0168. The zero-order valence-electron chi connectivity index (χ0n) is 11.0. The molecule has 22 heavy (non-hydrogen) atoms. The Morgan fingerprint density at radius 2 is 2.09 bits per heavy atom. The van der Waals surface area contributed by atoms with Crippen LogP contribution in [0.25, 0.3) is 0 Å². The largest absolute Gasteiger partial charge is 0.469 e. The van der Waals surface area contributed by atoms with Gasteiger partial charge in [0.25, 0.3) is 5.56 Å². The number of nitrogens with two attached hydrogens (primary N) is 1. The number of phosphoric acid groups is 1. The molecular weight excluding hydrogens is 321 g/mol. The molecule has 0 spiro atoms. The lowest BCUT2D eigenvalue weighted by Gasteiger charge is -2.23. The number of phosphoric ester groups is 1. The molecule has 8 N–H and O–H groups in total. The maximum atomic E-state index is 11.7. The van der Waals surface area contributed by atoms with E-state index < -0.39 is 32.2 Å². The molecule has 0 radical (unpaired) electrons. The van der Waals surface area contributed by atoms with E-state index in [9.17, 15) is 19.6 Å². The van der Waals surface area contributed by atoms with E-state index >= 15 is 0 Å². The van der Waals surface area contributed by atoms with Crippen molar-refractivity contribution in [2.24, 2.45) is 4.99 Å². The number of aliphatic imine (C=N–C) groups is 1. The van der Waals surface area contributed by atoms with Crippen LogP contribution in [0.2, 0.25) is 0 Å². The van der Waals surface area contributed by atoms with Crippen molar-refractivity contribution >= 4 is 31.0 Å². The standard InChI is InChI=1S/C9H14N5O7P/c10-9-13-7-5(8(17)14-9)12-3(1-11-7)6(16)4(15)2-21-22(18,19)20/h4,6,15-16H,1-2H2,(H2,18,19,20)(H4,10,11,13,14,17). The van der Waals surface area contributed by atoms with Crippen LogP contribution in [0.5, 0.6) is 0 Å². The summed E-state index contributed by atoms with van der Waals surface area (Å²) in [6, 6.07) is 0. The second-order valence-corrected chi connectivity index (χ2v) is 5.64. The minimum atomic E-state index is -4.77. The number of nitrogens with one attached hydrogen (secondary N) is 2. The molecule has 0 amide bonds.